The van der Waals surface area contributed by atoms with Gasteiger partial charge >= 0.3 is 6.18 Å². The van der Waals surface area contributed by atoms with Gasteiger partial charge in [0.25, 0.3) is 5.91 Å². The number of piperazine rings is 1. The molecule has 1 aliphatic heterocycles. The number of hydrogen-bond donors (Lipinski definition) is 0. The average molecular weight is 433 g/mol. The van der Waals surface area contributed by atoms with Crippen LogP contribution in [0.15, 0.2) is 42.9 Å². The Morgan fingerprint density at radius 2 is 1.84 bits per heavy atom. The van der Waals surface area contributed by atoms with Gasteiger partial charge < -0.3 is 9.47 Å². The molecule has 1 fully saturated rings. The first kappa shape index (κ1) is 21.0. The fourth-order valence-electron chi connectivity index (χ4n) is 3.60. The first-order valence-corrected chi connectivity index (χ1v) is 9.84. The molecular formula is C20H22F3N7O. The minimum absolute atomic E-state index is 0.0711. The van der Waals surface area contributed by atoms with E-state index < -0.39 is 11.7 Å². The molecule has 1 amide bonds. The van der Waals surface area contributed by atoms with Crippen molar-refractivity contribution in [2.24, 2.45) is 7.05 Å². The second-order valence-corrected chi connectivity index (χ2v) is 7.48. The number of alkyl halides is 3. The van der Waals surface area contributed by atoms with E-state index in [1.54, 1.807) is 11.1 Å². The predicted molar refractivity (Wildman–Crippen MR) is 105 cm³/mol. The first-order chi connectivity index (χ1) is 14.8. The third kappa shape index (κ3) is 4.76. The molecule has 0 unspecified atom stereocenters. The van der Waals surface area contributed by atoms with Crippen molar-refractivity contribution < 1.29 is 18.0 Å². The van der Waals surface area contributed by atoms with E-state index in [4.69, 9.17) is 0 Å². The van der Waals surface area contributed by atoms with Crippen LogP contribution in [0.3, 0.4) is 0 Å². The smallest absolute Gasteiger partial charge is 0.337 e. The Labute approximate surface area is 176 Å². The Bertz CT molecular complexity index is 1050. The number of nitrogens with zero attached hydrogens (tertiary/aromatic N) is 7. The summed E-state index contributed by atoms with van der Waals surface area (Å²) in [5.41, 5.74) is -0.522. The number of amides is 1. The van der Waals surface area contributed by atoms with Gasteiger partial charge in [0, 0.05) is 45.6 Å². The van der Waals surface area contributed by atoms with Gasteiger partial charge in [-0.25, -0.2) is 9.67 Å². The molecule has 1 aliphatic rings. The Morgan fingerprint density at radius 1 is 1.10 bits per heavy atom. The lowest BCUT2D eigenvalue weighted by Crippen LogP contribution is -2.48. The van der Waals surface area contributed by atoms with Gasteiger partial charge in [0.2, 0.25) is 0 Å². The van der Waals surface area contributed by atoms with Gasteiger partial charge in [0.1, 0.15) is 5.82 Å². The fraction of sp³-hybridized carbons (Fsp3) is 0.400. The standard InChI is InChI=1S/C20H22F3N7O/c1-27-7-6-24-18(27)14-28-8-10-29(11-9-28)19(31)17-13-30(26-25-17)12-15-4-2-3-5-16(15)20(21,22)23/h2-7,13H,8-12,14H2,1H3. The van der Waals surface area contributed by atoms with Crippen molar-refractivity contribution in [1.29, 1.82) is 0 Å². The van der Waals surface area contributed by atoms with Crippen LogP contribution in [0, 0.1) is 0 Å². The third-order valence-corrected chi connectivity index (χ3v) is 5.36. The average Bonchev–Trinajstić information content (AvgIpc) is 3.37. The number of imidazole rings is 1. The Balaban J connectivity index is 1.37. The highest BCUT2D eigenvalue weighted by Crippen LogP contribution is 2.32. The Morgan fingerprint density at radius 3 is 2.52 bits per heavy atom. The summed E-state index contributed by atoms with van der Waals surface area (Å²) in [6.07, 6.45) is 0.595. The van der Waals surface area contributed by atoms with Gasteiger partial charge in [-0.15, -0.1) is 5.10 Å². The summed E-state index contributed by atoms with van der Waals surface area (Å²) in [6, 6.07) is 5.31. The van der Waals surface area contributed by atoms with E-state index in [0.717, 1.165) is 11.9 Å². The topological polar surface area (TPSA) is 72.1 Å². The van der Waals surface area contributed by atoms with Crippen molar-refractivity contribution in [2.75, 3.05) is 26.2 Å². The van der Waals surface area contributed by atoms with E-state index >= 15 is 0 Å². The maximum Gasteiger partial charge on any atom is 0.416 e. The number of aryl methyl sites for hydroxylation is 1. The number of rotatable bonds is 5. The highest BCUT2D eigenvalue weighted by molar-refractivity contribution is 5.92. The molecule has 4 rings (SSSR count). The van der Waals surface area contributed by atoms with Crippen LogP contribution in [0.2, 0.25) is 0 Å². The highest BCUT2D eigenvalue weighted by atomic mass is 19.4. The van der Waals surface area contributed by atoms with Gasteiger partial charge in [0.15, 0.2) is 5.69 Å². The first-order valence-electron chi connectivity index (χ1n) is 9.84. The molecule has 2 aromatic heterocycles. The molecule has 3 heterocycles. The van der Waals surface area contributed by atoms with Crippen LogP contribution in [0.25, 0.3) is 0 Å². The normalized spacial score (nSPS) is 15.4. The number of aromatic nitrogens is 5. The molecule has 0 bridgehead atoms. The zero-order valence-electron chi connectivity index (χ0n) is 17.0. The summed E-state index contributed by atoms with van der Waals surface area (Å²) in [4.78, 5) is 21.0. The van der Waals surface area contributed by atoms with Crippen LogP contribution in [0.1, 0.15) is 27.4 Å². The van der Waals surface area contributed by atoms with E-state index in [0.29, 0.717) is 32.7 Å². The Hall–Kier alpha value is -3.21. The van der Waals surface area contributed by atoms with Gasteiger partial charge in [-0.3, -0.25) is 9.69 Å². The number of benzene rings is 1. The maximum absolute atomic E-state index is 13.2. The summed E-state index contributed by atoms with van der Waals surface area (Å²) in [5.74, 6) is 0.689. The van der Waals surface area contributed by atoms with Crippen LogP contribution >= 0.6 is 0 Å². The van der Waals surface area contributed by atoms with Crippen LogP contribution in [0.4, 0.5) is 13.2 Å². The molecule has 0 saturated carbocycles. The molecule has 0 N–H and O–H groups in total. The number of carbonyl (C=O) groups is 1. The van der Waals surface area contributed by atoms with E-state index in [2.05, 4.69) is 20.2 Å². The summed E-state index contributed by atoms with van der Waals surface area (Å²) in [7, 11) is 1.94. The molecule has 0 radical (unpaired) electrons. The zero-order valence-corrected chi connectivity index (χ0v) is 17.0. The molecule has 164 valence electrons. The van der Waals surface area contributed by atoms with Gasteiger partial charge in [-0.2, -0.15) is 13.2 Å². The molecule has 1 saturated heterocycles. The SMILES string of the molecule is Cn1ccnc1CN1CCN(C(=O)c2cn(Cc3ccccc3C(F)(F)F)nn2)CC1. The molecule has 1 aromatic carbocycles. The monoisotopic (exact) mass is 433 g/mol. The Kier molecular flexibility index (Phi) is 5.77. The summed E-state index contributed by atoms with van der Waals surface area (Å²) < 4.78 is 42.8. The minimum Gasteiger partial charge on any atom is -0.337 e. The van der Waals surface area contributed by atoms with Crippen molar-refractivity contribution in [3.05, 3.63) is 65.5 Å². The van der Waals surface area contributed by atoms with Crippen molar-refractivity contribution >= 4 is 5.91 Å². The maximum atomic E-state index is 13.2. The molecule has 8 nitrogen and oxygen atoms in total. The second-order valence-electron chi connectivity index (χ2n) is 7.48. The predicted octanol–water partition coefficient (Wildman–Crippen LogP) is 2.04. The van der Waals surface area contributed by atoms with Crippen molar-refractivity contribution in [3.63, 3.8) is 0 Å². The quantitative estimate of drug-likeness (QED) is 0.616. The fourth-order valence-corrected chi connectivity index (χ4v) is 3.60. The molecule has 11 heteroatoms. The molecule has 31 heavy (non-hydrogen) atoms. The van der Waals surface area contributed by atoms with Gasteiger partial charge in [-0.05, 0) is 11.6 Å². The van der Waals surface area contributed by atoms with E-state index in [9.17, 15) is 18.0 Å². The van der Waals surface area contributed by atoms with Crippen LogP contribution in [0.5, 0.6) is 0 Å². The summed E-state index contributed by atoms with van der Waals surface area (Å²) in [6.45, 7) is 3.06. The van der Waals surface area contributed by atoms with Crippen molar-refractivity contribution in [2.45, 2.75) is 19.3 Å². The zero-order chi connectivity index (χ0) is 22.0. The molecular weight excluding hydrogens is 411 g/mol. The van der Waals surface area contributed by atoms with Crippen molar-refractivity contribution in [3.8, 4) is 0 Å². The number of carbonyl (C=O) groups excluding carboxylic acids is 1. The number of halogens is 3. The van der Waals surface area contributed by atoms with E-state index in [-0.39, 0.29) is 23.7 Å². The third-order valence-electron chi connectivity index (χ3n) is 5.36. The second kappa shape index (κ2) is 8.50. The molecule has 0 aliphatic carbocycles. The lowest BCUT2D eigenvalue weighted by molar-refractivity contribution is -0.138. The summed E-state index contributed by atoms with van der Waals surface area (Å²) >= 11 is 0. The van der Waals surface area contributed by atoms with Crippen LogP contribution < -0.4 is 0 Å². The molecule has 3 aromatic rings. The van der Waals surface area contributed by atoms with Crippen LogP contribution in [-0.2, 0) is 26.3 Å². The van der Waals surface area contributed by atoms with Gasteiger partial charge in [-0.1, -0.05) is 23.4 Å². The van der Waals surface area contributed by atoms with Crippen LogP contribution in [-0.4, -0.2) is 66.4 Å². The lowest BCUT2D eigenvalue weighted by atomic mass is 10.1. The molecule has 0 spiro atoms. The largest absolute Gasteiger partial charge is 0.416 e. The number of hydrogen-bond acceptors (Lipinski definition) is 5. The minimum atomic E-state index is -4.45. The van der Waals surface area contributed by atoms with E-state index in [1.807, 2.05) is 17.8 Å². The van der Waals surface area contributed by atoms with Crippen molar-refractivity contribution in [1.82, 2.24) is 34.3 Å². The highest BCUT2D eigenvalue weighted by Gasteiger charge is 2.33. The lowest BCUT2D eigenvalue weighted by Gasteiger charge is -2.34. The van der Waals surface area contributed by atoms with Gasteiger partial charge in [0.05, 0.1) is 24.8 Å². The molecule has 0 atom stereocenters. The van der Waals surface area contributed by atoms with E-state index in [1.165, 1.54) is 29.1 Å². The summed E-state index contributed by atoms with van der Waals surface area (Å²) in [5, 5.41) is 7.74.